The summed E-state index contributed by atoms with van der Waals surface area (Å²) in [4.78, 5) is 4.37. The molecule has 0 aliphatic rings. The van der Waals surface area contributed by atoms with Crippen molar-refractivity contribution in [1.29, 1.82) is 0 Å². The fourth-order valence-electron chi connectivity index (χ4n) is 1.66. The zero-order valence-electron chi connectivity index (χ0n) is 8.32. The van der Waals surface area contributed by atoms with Crippen LogP contribution < -0.4 is 10.5 Å². The van der Waals surface area contributed by atoms with Gasteiger partial charge >= 0.3 is 0 Å². The van der Waals surface area contributed by atoms with E-state index in [1.165, 1.54) is 0 Å². The SMILES string of the molecule is COc1cccc2c(CN)nc(C)n12. The number of nitrogens with two attached hydrogens (primary N) is 1. The normalized spacial score (nSPS) is 10.8. The van der Waals surface area contributed by atoms with Crippen molar-refractivity contribution in [1.82, 2.24) is 9.38 Å². The van der Waals surface area contributed by atoms with Crippen LogP contribution in [0.25, 0.3) is 5.52 Å². The first-order valence-corrected chi connectivity index (χ1v) is 4.49. The monoisotopic (exact) mass is 191 g/mol. The van der Waals surface area contributed by atoms with Crippen molar-refractivity contribution in [3.05, 3.63) is 29.7 Å². The number of hydrogen-bond donors (Lipinski definition) is 1. The average Bonchev–Trinajstić information content (AvgIpc) is 2.55. The van der Waals surface area contributed by atoms with Gasteiger partial charge in [-0.15, -0.1) is 0 Å². The van der Waals surface area contributed by atoms with Crippen LogP contribution in [0, 0.1) is 6.92 Å². The predicted octanol–water partition coefficient (Wildman–Crippen LogP) is 1.11. The minimum absolute atomic E-state index is 0.449. The summed E-state index contributed by atoms with van der Waals surface area (Å²) in [6, 6.07) is 5.83. The number of aromatic nitrogens is 2. The molecule has 0 amide bonds. The van der Waals surface area contributed by atoms with Gasteiger partial charge in [0, 0.05) is 6.54 Å². The average molecular weight is 191 g/mol. The summed E-state index contributed by atoms with van der Waals surface area (Å²) in [6.45, 7) is 2.39. The van der Waals surface area contributed by atoms with Crippen molar-refractivity contribution in [3.63, 3.8) is 0 Å². The molecule has 74 valence electrons. The van der Waals surface area contributed by atoms with E-state index in [0.29, 0.717) is 6.54 Å². The fourth-order valence-corrected chi connectivity index (χ4v) is 1.66. The maximum Gasteiger partial charge on any atom is 0.199 e. The number of rotatable bonds is 2. The molecular weight excluding hydrogens is 178 g/mol. The Bertz CT molecular complexity index is 462. The molecule has 0 unspecified atom stereocenters. The summed E-state index contributed by atoms with van der Waals surface area (Å²) < 4.78 is 7.21. The van der Waals surface area contributed by atoms with E-state index in [-0.39, 0.29) is 0 Å². The molecule has 14 heavy (non-hydrogen) atoms. The molecule has 2 rings (SSSR count). The Balaban J connectivity index is 2.81. The van der Waals surface area contributed by atoms with Crippen molar-refractivity contribution in [3.8, 4) is 5.88 Å². The topological polar surface area (TPSA) is 52.5 Å². The molecule has 0 bridgehead atoms. The number of methoxy groups -OCH3 is 1. The van der Waals surface area contributed by atoms with Gasteiger partial charge in [0.15, 0.2) is 5.88 Å². The summed E-state index contributed by atoms with van der Waals surface area (Å²) in [5, 5.41) is 0. The minimum atomic E-state index is 0.449. The standard InChI is InChI=1S/C10H13N3O/c1-7-12-8(6-11)9-4-3-5-10(14-2)13(7)9/h3-5H,6,11H2,1-2H3. The second kappa shape index (κ2) is 3.31. The Morgan fingerprint density at radius 2 is 2.29 bits per heavy atom. The maximum atomic E-state index is 5.60. The summed E-state index contributed by atoms with van der Waals surface area (Å²) in [5.41, 5.74) is 7.53. The lowest BCUT2D eigenvalue weighted by atomic mass is 10.3. The van der Waals surface area contributed by atoms with Gasteiger partial charge in [0.05, 0.1) is 18.3 Å². The van der Waals surface area contributed by atoms with Crippen molar-refractivity contribution in [2.75, 3.05) is 7.11 Å². The number of ether oxygens (including phenoxy) is 1. The van der Waals surface area contributed by atoms with E-state index < -0.39 is 0 Å². The van der Waals surface area contributed by atoms with Crippen molar-refractivity contribution >= 4 is 5.52 Å². The predicted molar refractivity (Wildman–Crippen MR) is 54.4 cm³/mol. The summed E-state index contributed by atoms with van der Waals surface area (Å²) >= 11 is 0. The Labute approximate surface area is 82.3 Å². The number of hydrogen-bond acceptors (Lipinski definition) is 3. The lowest BCUT2D eigenvalue weighted by Gasteiger charge is -2.04. The Hall–Kier alpha value is -1.55. The van der Waals surface area contributed by atoms with E-state index >= 15 is 0 Å². The van der Waals surface area contributed by atoms with Crippen molar-refractivity contribution in [2.45, 2.75) is 13.5 Å². The molecule has 0 aromatic carbocycles. The third-order valence-electron chi connectivity index (χ3n) is 2.27. The fraction of sp³-hybridized carbons (Fsp3) is 0.300. The van der Waals surface area contributed by atoms with Crippen LogP contribution in [-0.2, 0) is 6.54 Å². The maximum absolute atomic E-state index is 5.60. The van der Waals surface area contributed by atoms with Gasteiger partial charge in [-0.2, -0.15) is 0 Å². The number of imidazole rings is 1. The minimum Gasteiger partial charge on any atom is -0.482 e. The Morgan fingerprint density at radius 1 is 1.50 bits per heavy atom. The van der Waals surface area contributed by atoms with Crippen LogP contribution in [0.3, 0.4) is 0 Å². The second-order valence-corrected chi connectivity index (χ2v) is 3.10. The van der Waals surface area contributed by atoms with Gasteiger partial charge in [-0.1, -0.05) is 6.07 Å². The second-order valence-electron chi connectivity index (χ2n) is 3.10. The molecule has 0 atom stereocenters. The number of aryl methyl sites for hydroxylation is 1. The van der Waals surface area contributed by atoms with E-state index in [1.54, 1.807) is 7.11 Å². The molecule has 4 nitrogen and oxygen atoms in total. The van der Waals surface area contributed by atoms with E-state index in [1.807, 2.05) is 29.5 Å². The highest BCUT2D eigenvalue weighted by atomic mass is 16.5. The van der Waals surface area contributed by atoms with Gasteiger partial charge < -0.3 is 10.5 Å². The largest absolute Gasteiger partial charge is 0.482 e. The third kappa shape index (κ3) is 1.15. The lowest BCUT2D eigenvalue weighted by molar-refractivity contribution is 0.391. The molecule has 0 aliphatic heterocycles. The smallest absolute Gasteiger partial charge is 0.199 e. The first-order chi connectivity index (χ1) is 6.77. The van der Waals surface area contributed by atoms with Gasteiger partial charge in [0.2, 0.25) is 0 Å². The van der Waals surface area contributed by atoms with Crippen LogP contribution in [0.2, 0.25) is 0 Å². The van der Waals surface area contributed by atoms with Crippen LogP contribution >= 0.6 is 0 Å². The molecule has 0 aliphatic carbocycles. The summed E-state index contributed by atoms with van der Waals surface area (Å²) in [5.74, 6) is 1.69. The summed E-state index contributed by atoms with van der Waals surface area (Å²) in [6.07, 6.45) is 0. The zero-order chi connectivity index (χ0) is 10.1. The molecular formula is C10H13N3O. The molecule has 0 saturated heterocycles. The van der Waals surface area contributed by atoms with Gasteiger partial charge in [-0.25, -0.2) is 4.98 Å². The quantitative estimate of drug-likeness (QED) is 0.773. The molecule has 2 aromatic heterocycles. The van der Waals surface area contributed by atoms with E-state index in [0.717, 1.165) is 22.9 Å². The molecule has 0 fully saturated rings. The zero-order valence-corrected chi connectivity index (χ0v) is 8.32. The van der Waals surface area contributed by atoms with Gasteiger partial charge in [-0.3, -0.25) is 4.40 Å². The number of pyridine rings is 1. The molecule has 2 aromatic rings. The van der Waals surface area contributed by atoms with Crippen LogP contribution in [0.5, 0.6) is 5.88 Å². The number of nitrogens with zero attached hydrogens (tertiary/aromatic N) is 2. The molecule has 2 N–H and O–H groups in total. The molecule has 2 heterocycles. The first kappa shape index (κ1) is 9.02. The summed E-state index contributed by atoms with van der Waals surface area (Å²) in [7, 11) is 1.65. The number of fused-ring (bicyclic) bond motifs is 1. The van der Waals surface area contributed by atoms with E-state index in [4.69, 9.17) is 10.5 Å². The van der Waals surface area contributed by atoms with Gasteiger partial charge in [0.25, 0.3) is 0 Å². The van der Waals surface area contributed by atoms with E-state index in [2.05, 4.69) is 4.98 Å². The van der Waals surface area contributed by atoms with Crippen molar-refractivity contribution in [2.24, 2.45) is 5.73 Å². The Kier molecular flexibility index (Phi) is 2.13. The van der Waals surface area contributed by atoms with Gasteiger partial charge in [0.1, 0.15) is 5.82 Å². The van der Waals surface area contributed by atoms with Crippen LogP contribution in [0.15, 0.2) is 18.2 Å². The Morgan fingerprint density at radius 3 is 2.93 bits per heavy atom. The highest BCUT2D eigenvalue weighted by Gasteiger charge is 2.09. The van der Waals surface area contributed by atoms with Gasteiger partial charge in [-0.05, 0) is 19.1 Å². The van der Waals surface area contributed by atoms with E-state index in [9.17, 15) is 0 Å². The molecule has 0 radical (unpaired) electrons. The molecule has 4 heteroatoms. The third-order valence-corrected chi connectivity index (χ3v) is 2.27. The molecule has 0 spiro atoms. The highest BCUT2D eigenvalue weighted by Crippen LogP contribution is 2.19. The highest BCUT2D eigenvalue weighted by molar-refractivity contribution is 5.55. The molecule has 0 saturated carbocycles. The van der Waals surface area contributed by atoms with Crippen LogP contribution in [-0.4, -0.2) is 16.5 Å². The van der Waals surface area contributed by atoms with Crippen molar-refractivity contribution < 1.29 is 4.74 Å². The van der Waals surface area contributed by atoms with Crippen LogP contribution in [0.4, 0.5) is 0 Å². The van der Waals surface area contributed by atoms with Crippen LogP contribution in [0.1, 0.15) is 11.5 Å². The first-order valence-electron chi connectivity index (χ1n) is 4.49. The lowest BCUT2D eigenvalue weighted by Crippen LogP contribution is -1.97.